The van der Waals surface area contributed by atoms with Crippen molar-refractivity contribution < 1.29 is 14.1 Å². The summed E-state index contributed by atoms with van der Waals surface area (Å²) < 4.78 is 11.2. The molecule has 0 spiro atoms. The number of guanidine groups is 1. The first-order valence-electron chi connectivity index (χ1n) is 10.3. The quantitative estimate of drug-likeness (QED) is 0.345. The number of hydrogen-bond donors (Lipinski definition) is 3. The molecule has 2 heterocycles. The third-order valence-corrected chi connectivity index (χ3v) is 5.63. The molecule has 8 nitrogen and oxygen atoms in total. The predicted octanol–water partition coefficient (Wildman–Crippen LogP) is 4.54. The monoisotopic (exact) mass is 489 g/mol. The van der Waals surface area contributed by atoms with E-state index in [0.717, 1.165) is 5.56 Å². The van der Waals surface area contributed by atoms with Crippen LogP contribution in [0.5, 0.6) is 5.75 Å². The van der Waals surface area contributed by atoms with Crippen molar-refractivity contribution in [3.05, 3.63) is 65.3 Å². The van der Waals surface area contributed by atoms with Gasteiger partial charge in [0, 0.05) is 47.4 Å². The lowest BCUT2D eigenvalue weighted by molar-refractivity contribution is -0.121. The molecule has 174 valence electrons. The number of nitrogens with zero attached hydrogens (tertiary/aromatic N) is 2. The fourth-order valence-corrected chi connectivity index (χ4v) is 3.70. The standard InChI is InChI=1S/C23H24ClN5O3.ClH/c24-17-6-4-15(5-7-17)21-13-19(28-32-21)14-31-20-3-1-2-18(12-20)27-22(30)16-8-10-29(11-9-16)23(25)26;/h1-7,12-13,16H,8-11,14H2,(H3,25,26)(H,27,30);1H. The zero-order valence-corrected chi connectivity index (χ0v) is 19.4. The van der Waals surface area contributed by atoms with Gasteiger partial charge in [-0.3, -0.25) is 10.2 Å². The number of rotatable bonds is 6. The Morgan fingerprint density at radius 1 is 1.21 bits per heavy atom. The van der Waals surface area contributed by atoms with Gasteiger partial charge >= 0.3 is 0 Å². The third-order valence-electron chi connectivity index (χ3n) is 5.38. The highest BCUT2D eigenvalue weighted by atomic mass is 35.5. The van der Waals surface area contributed by atoms with E-state index in [1.807, 2.05) is 36.4 Å². The van der Waals surface area contributed by atoms with E-state index in [-0.39, 0.29) is 36.8 Å². The highest BCUT2D eigenvalue weighted by molar-refractivity contribution is 6.30. The minimum atomic E-state index is -0.100. The number of anilines is 1. The number of carbonyl (C=O) groups is 1. The van der Waals surface area contributed by atoms with Crippen LogP contribution >= 0.6 is 24.0 Å². The van der Waals surface area contributed by atoms with E-state index in [0.29, 0.717) is 53.8 Å². The number of aromatic nitrogens is 1. The summed E-state index contributed by atoms with van der Waals surface area (Å²) in [6.07, 6.45) is 1.34. The van der Waals surface area contributed by atoms with Crippen LogP contribution < -0.4 is 15.8 Å². The minimum Gasteiger partial charge on any atom is -0.487 e. The number of amides is 1. The smallest absolute Gasteiger partial charge is 0.227 e. The van der Waals surface area contributed by atoms with Gasteiger partial charge in [-0.15, -0.1) is 12.4 Å². The Hall–Kier alpha value is -3.23. The van der Waals surface area contributed by atoms with Gasteiger partial charge in [-0.1, -0.05) is 22.8 Å². The first-order chi connectivity index (χ1) is 15.5. The lowest BCUT2D eigenvalue weighted by Crippen LogP contribution is -2.44. The molecule has 1 saturated heterocycles. The predicted molar refractivity (Wildman–Crippen MR) is 130 cm³/mol. The molecular weight excluding hydrogens is 465 g/mol. The van der Waals surface area contributed by atoms with Crippen LogP contribution in [0.25, 0.3) is 11.3 Å². The number of halogens is 2. The average molecular weight is 490 g/mol. The van der Waals surface area contributed by atoms with Crippen molar-refractivity contribution in [1.82, 2.24) is 10.1 Å². The molecule has 1 fully saturated rings. The van der Waals surface area contributed by atoms with Gasteiger partial charge < -0.3 is 25.2 Å². The first kappa shape index (κ1) is 24.4. The van der Waals surface area contributed by atoms with E-state index in [1.54, 1.807) is 23.1 Å². The number of piperidine rings is 1. The molecule has 10 heteroatoms. The number of nitrogens with one attached hydrogen (secondary N) is 2. The number of likely N-dealkylation sites (tertiary alicyclic amines) is 1. The van der Waals surface area contributed by atoms with E-state index in [4.69, 9.17) is 32.0 Å². The summed E-state index contributed by atoms with van der Waals surface area (Å²) in [7, 11) is 0. The Kier molecular flexibility index (Phi) is 8.19. The minimum absolute atomic E-state index is 0. The number of nitrogens with two attached hydrogens (primary N) is 1. The van der Waals surface area contributed by atoms with Gasteiger partial charge in [0.15, 0.2) is 11.7 Å². The summed E-state index contributed by atoms with van der Waals surface area (Å²) >= 11 is 5.92. The van der Waals surface area contributed by atoms with Crippen LogP contribution in [-0.4, -0.2) is 35.0 Å². The summed E-state index contributed by atoms with van der Waals surface area (Å²) in [6, 6.07) is 16.4. The molecule has 0 aliphatic carbocycles. The molecule has 3 aromatic rings. The lowest BCUT2D eigenvalue weighted by atomic mass is 9.96. The topological polar surface area (TPSA) is 117 Å². The Bertz CT molecular complexity index is 1100. The van der Waals surface area contributed by atoms with Crippen molar-refractivity contribution in [3.8, 4) is 17.1 Å². The zero-order chi connectivity index (χ0) is 22.5. The Morgan fingerprint density at radius 3 is 2.64 bits per heavy atom. The molecule has 0 radical (unpaired) electrons. The molecule has 4 N–H and O–H groups in total. The van der Waals surface area contributed by atoms with Crippen molar-refractivity contribution in [2.45, 2.75) is 19.4 Å². The van der Waals surface area contributed by atoms with Crippen LogP contribution in [-0.2, 0) is 11.4 Å². The van der Waals surface area contributed by atoms with Gasteiger partial charge in [-0.05, 0) is 49.2 Å². The zero-order valence-electron chi connectivity index (χ0n) is 17.8. The number of hydrogen-bond acceptors (Lipinski definition) is 5. The van der Waals surface area contributed by atoms with Crippen LogP contribution in [0.4, 0.5) is 5.69 Å². The van der Waals surface area contributed by atoms with Gasteiger partial charge in [0.25, 0.3) is 0 Å². The van der Waals surface area contributed by atoms with Crippen molar-refractivity contribution >= 4 is 41.6 Å². The van der Waals surface area contributed by atoms with E-state index in [2.05, 4.69) is 10.5 Å². The van der Waals surface area contributed by atoms with Gasteiger partial charge in [0.2, 0.25) is 5.91 Å². The summed E-state index contributed by atoms with van der Waals surface area (Å²) in [5.74, 6) is 1.18. The highest BCUT2D eigenvalue weighted by Gasteiger charge is 2.25. The van der Waals surface area contributed by atoms with Crippen LogP contribution in [0.15, 0.2) is 59.1 Å². The lowest BCUT2D eigenvalue weighted by Gasteiger charge is -2.31. The first-order valence-corrected chi connectivity index (χ1v) is 10.7. The van der Waals surface area contributed by atoms with Crippen LogP contribution in [0.3, 0.4) is 0 Å². The second kappa shape index (κ2) is 11.1. The Balaban J connectivity index is 0.00000306. The van der Waals surface area contributed by atoms with Crippen LogP contribution in [0.2, 0.25) is 5.02 Å². The van der Waals surface area contributed by atoms with Crippen molar-refractivity contribution in [2.24, 2.45) is 11.7 Å². The van der Waals surface area contributed by atoms with Crippen molar-refractivity contribution in [3.63, 3.8) is 0 Å². The summed E-state index contributed by atoms with van der Waals surface area (Å²) in [6.45, 7) is 1.47. The van der Waals surface area contributed by atoms with Gasteiger partial charge in [0.1, 0.15) is 18.1 Å². The fourth-order valence-electron chi connectivity index (χ4n) is 3.58. The normalized spacial score (nSPS) is 13.8. The molecule has 0 atom stereocenters. The van der Waals surface area contributed by atoms with Crippen LogP contribution in [0, 0.1) is 11.3 Å². The summed E-state index contributed by atoms with van der Waals surface area (Å²) in [4.78, 5) is 14.4. The van der Waals surface area contributed by atoms with Crippen molar-refractivity contribution in [2.75, 3.05) is 18.4 Å². The molecule has 2 aromatic carbocycles. The maximum Gasteiger partial charge on any atom is 0.227 e. The molecular formula is C23H25Cl2N5O3. The van der Waals surface area contributed by atoms with Crippen LogP contribution in [0.1, 0.15) is 18.5 Å². The van der Waals surface area contributed by atoms with Gasteiger partial charge in [0.05, 0.1) is 0 Å². The van der Waals surface area contributed by atoms with Gasteiger partial charge in [-0.2, -0.15) is 0 Å². The van der Waals surface area contributed by atoms with E-state index in [9.17, 15) is 4.79 Å². The van der Waals surface area contributed by atoms with Crippen molar-refractivity contribution in [1.29, 1.82) is 5.41 Å². The van der Waals surface area contributed by atoms with E-state index >= 15 is 0 Å². The Labute approximate surface area is 202 Å². The molecule has 1 amide bonds. The van der Waals surface area contributed by atoms with E-state index in [1.165, 1.54) is 0 Å². The third kappa shape index (κ3) is 6.40. The number of ether oxygens (including phenoxy) is 1. The maximum atomic E-state index is 12.6. The number of carbonyl (C=O) groups excluding carboxylic acids is 1. The average Bonchev–Trinajstić information content (AvgIpc) is 3.27. The molecule has 0 unspecified atom stereocenters. The fraction of sp³-hybridized carbons (Fsp3) is 0.261. The molecule has 0 saturated carbocycles. The largest absolute Gasteiger partial charge is 0.487 e. The second-order valence-electron chi connectivity index (χ2n) is 7.64. The molecule has 1 aliphatic heterocycles. The Morgan fingerprint density at radius 2 is 1.94 bits per heavy atom. The molecule has 0 bridgehead atoms. The second-order valence-corrected chi connectivity index (χ2v) is 8.08. The molecule has 1 aliphatic rings. The van der Waals surface area contributed by atoms with Gasteiger partial charge in [-0.25, -0.2) is 0 Å². The van der Waals surface area contributed by atoms with E-state index < -0.39 is 0 Å². The molecule has 4 rings (SSSR count). The SMILES string of the molecule is Cl.N=C(N)N1CCC(C(=O)Nc2cccc(OCc3cc(-c4ccc(Cl)cc4)on3)c2)CC1. The summed E-state index contributed by atoms with van der Waals surface area (Å²) in [5, 5.41) is 15.2. The molecule has 33 heavy (non-hydrogen) atoms. The maximum absolute atomic E-state index is 12.6. The summed E-state index contributed by atoms with van der Waals surface area (Å²) in [5.41, 5.74) is 7.72. The highest BCUT2D eigenvalue weighted by Crippen LogP contribution is 2.25. The molecule has 1 aromatic heterocycles. The number of benzene rings is 2.